The summed E-state index contributed by atoms with van der Waals surface area (Å²) >= 11 is 13.2. The van der Waals surface area contributed by atoms with Gasteiger partial charge in [0.15, 0.2) is 0 Å². The third kappa shape index (κ3) is 2.59. The highest BCUT2D eigenvalue weighted by Gasteiger charge is 2.17. The SMILES string of the molecule is Cc1cc(C(Cl)c2cc3ccc(F)cc3s2)sc1Br. The quantitative estimate of drug-likeness (QED) is 0.448. The third-order valence-electron chi connectivity index (χ3n) is 2.88. The van der Waals surface area contributed by atoms with Gasteiger partial charge in [0.25, 0.3) is 0 Å². The maximum absolute atomic E-state index is 13.2. The van der Waals surface area contributed by atoms with Crippen LogP contribution in [-0.2, 0) is 0 Å². The summed E-state index contributed by atoms with van der Waals surface area (Å²) in [7, 11) is 0. The average Bonchev–Trinajstić information content (AvgIpc) is 2.92. The predicted octanol–water partition coefficient (Wildman–Crippen LogP) is 6.50. The van der Waals surface area contributed by atoms with E-state index in [9.17, 15) is 4.39 Å². The minimum atomic E-state index is -0.207. The van der Waals surface area contributed by atoms with Gasteiger partial charge in [0.2, 0.25) is 0 Å². The molecule has 0 nitrogen and oxygen atoms in total. The molecule has 0 spiro atoms. The van der Waals surface area contributed by atoms with Crippen molar-refractivity contribution in [1.82, 2.24) is 0 Å². The van der Waals surface area contributed by atoms with E-state index in [4.69, 9.17) is 11.6 Å². The standard InChI is InChI=1S/C14H9BrClFS2/c1-7-4-11(19-14(7)15)13(16)12-5-8-2-3-9(17)6-10(8)18-12/h2-6,13H,1H3. The number of fused-ring (bicyclic) bond motifs is 1. The molecule has 0 aliphatic rings. The molecule has 0 bridgehead atoms. The van der Waals surface area contributed by atoms with E-state index < -0.39 is 0 Å². The van der Waals surface area contributed by atoms with E-state index in [1.807, 2.05) is 13.0 Å². The molecule has 2 heterocycles. The summed E-state index contributed by atoms with van der Waals surface area (Å²) in [5, 5.41) is 0.870. The van der Waals surface area contributed by atoms with Gasteiger partial charge in [-0.2, -0.15) is 0 Å². The molecule has 0 aliphatic carbocycles. The highest BCUT2D eigenvalue weighted by atomic mass is 79.9. The Morgan fingerprint density at radius 1 is 1.16 bits per heavy atom. The molecule has 1 aromatic carbocycles. The molecule has 3 aromatic rings. The summed E-state index contributed by atoms with van der Waals surface area (Å²) in [5.41, 5.74) is 1.19. The van der Waals surface area contributed by atoms with E-state index in [1.54, 1.807) is 34.8 Å². The molecule has 0 radical (unpaired) electrons. The molecule has 0 amide bonds. The van der Waals surface area contributed by atoms with Gasteiger partial charge in [-0.3, -0.25) is 0 Å². The van der Waals surface area contributed by atoms with Gasteiger partial charge in [-0.25, -0.2) is 4.39 Å². The Bertz CT molecular complexity index is 728. The van der Waals surface area contributed by atoms with Crippen LogP contribution < -0.4 is 0 Å². The normalized spacial score (nSPS) is 13.1. The molecule has 5 heteroatoms. The molecule has 1 atom stereocenters. The van der Waals surface area contributed by atoms with Crippen LogP contribution in [0.3, 0.4) is 0 Å². The fourth-order valence-corrected chi connectivity index (χ4v) is 5.02. The molecule has 0 saturated carbocycles. The first-order valence-electron chi connectivity index (χ1n) is 5.63. The summed E-state index contributed by atoms with van der Waals surface area (Å²) in [6, 6.07) is 8.97. The fourth-order valence-electron chi connectivity index (χ4n) is 1.90. The second kappa shape index (κ2) is 5.17. The van der Waals surface area contributed by atoms with Crippen molar-refractivity contribution in [2.45, 2.75) is 12.3 Å². The Hall–Kier alpha value is -0.420. The fraction of sp³-hybridized carbons (Fsp3) is 0.143. The van der Waals surface area contributed by atoms with E-state index in [0.29, 0.717) is 0 Å². The molecule has 2 aromatic heterocycles. The zero-order valence-electron chi connectivity index (χ0n) is 9.91. The van der Waals surface area contributed by atoms with Crippen LogP contribution in [0.1, 0.15) is 20.7 Å². The number of halogens is 3. The Morgan fingerprint density at radius 3 is 2.58 bits per heavy atom. The van der Waals surface area contributed by atoms with Crippen molar-refractivity contribution in [3.8, 4) is 0 Å². The number of thiophene rings is 2. The molecule has 0 saturated heterocycles. The van der Waals surface area contributed by atoms with Gasteiger partial charge >= 0.3 is 0 Å². The van der Waals surface area contributed by atoms with Crippen molar-refractivity contribution in [2.24, 2.45) is 0 Å². The van der Waals surface area contributed by atoms with Crippen molar-refractivity contribution < 1.29 is 4.39 Å². The number of alkyl halides is 1. The van der Waals surface area contributed by atoms with Crippen molar-refractivity contribution in [3.05, 3.63) is 55.3 Å². The lowest BCUT2D eigenvalue weighted by Gasteiger charge is -2.02. The molecule has 3 rings (SSSR count). The summed E-state index contributed by atoms with van der Waals surface area (Å²) < 4.78 is 15.2. The number of hydrogen-bond donors (Lipinski definition) is 0. The largest absolute Gasteiger partial charge is 0.207 e. The topological polar surface area (TPSA) is 0 Å². The van der Waals surface area contributed by atoms with E-state index in [0.717, 1.165) is 23.6 Å². The third-order valence-corrected chi connectivity index (χ3v) is 6.97. The molecule has 0 N–H and O–H groups in total. The second-order valence-corrected chi connectivity index (χ2v) is 8.25. The number of aryl methyl sites for hydroxylation is 1. The number of benzene rings is 1. The average molecular weight is 376 g/mol. The Balaban J connectivity index is 2.03. The van der Waals surface area contributed by atoms with Gasteiger partial charge in [0.05, 0.1) is 3.79 Å². The first kappa shape index (κ1) is 13.6. The molecule has 1 unspecified atom stereocenters. The maximum atomic E-state index is 13.2. The Labute approximate surface area is 132 Å². The van der Waals surface area contributed by atoms with E-state index >= 15 is 0 Å². The van der Waals surface area contributed by atoms with Crippen molar-refractivity contribution in [1.29, 1.82) is 0 Å². The molecule has 19 heavy (non-hydrogen) atoms. The second-order valence-electron chi connectivity index (χ2n) is 4.30. The van der Waals surface area contributed by atoms with Crippen molar-refractivity contribution in [3.63, 3.8) is 0 Å². The number of hydrogen-bond acceptors (Lipinski definition) is 2. The van der Waals surface area contributed by atoms with Crippen LogP contribution in [0.4, 0.5) is 4.39 Å². The maximum Gasteiger partial charge on any atom is 0.124 e. The monoisotopic (exact) mass is 374 g/mol. The van der Waals surface area contributed by atoms with Crippen LogP contribution in [0.2, 0.25) is 0 Å². The van der Waals surface area contributed by atoms with Crippen LogP contribution in [-0.4, -0.2) is 0 Å². The lowest BCUT2D eigenvalue weighted by Crippen LogP contribution is -1.84. The Morgan fingerprint density at radius 2 is 1.89 bits per heavy atom. The Kier molecular flexibility index (Phi) is 3.69. The first-order chi connectivity index (χ1) is 9.04. The zero-order valence-corrected chi connectivity index (χ0v) is 13.9. The number of rotatable bonds is 2. The van der Waals surface area contributed by atoms with Gasteiger partial charge < -0.3 is 0 Å². The summed E-state index contributed by atoms with van der Waals surface area (Å²) in [4.78, 5) is 2.16. The summed E-state index contributed by atoms with van der Waals surface area (Å²) in [6.45, 7) is 2.05. The van der Waals surface area contributed by atoms with Crippen molar-refractivity contribution in [2.75, 3.05) is 0 Å². The highest BCUT2D eigenvalue weighted by Crippen LogP contribution is 2.41. The van der Waals surface area contributed by atoms with E-state index in [-0.39, 0.29) is 11.2 Å². The van der Waals surface area contributed by atoms with E-state index in [2.05, 4.69) is 22.0 Å². The van der Waals surface area contributed by atoms with Gasteiger partial charge in [-0.05, 0) is 58.1 Å². The molecular weight excluding hydrogens is 367 g/mol. The lowest BCUT2D eigenvalue weighted by molar-refractivity contribution is 0.630. The molecular formula is C14H9BrClFS2. The highest BCUT2D eigenvalue weighted by molar-refractivity contribution is 9.11. The van der Waals surface area contributed by atoms with Crippen LogP contribution in [0.15, 0.2) is 34.1 Å². The van der Waals surface area contributed by atoms with Gasteiger partial charge in [-0.15, -0.1) is 34.3 Å². The molecule has 0 fully saturated rings. The van der Waals surface area contributed by atoms with Gasteiger partial charge in [0.1, 0.15) is 11.2 Å². The minimum Gasteiger partial charge on any atom is -0.207 e. The summed E-state index contributed by atoms with van der Waals surface area (Å²) in [6.07, 6.45) is 0. The van der Waals surface area contributed by atoms with Crippen LogP contribution >= 0.6 is 50.2 Å². The lowest BCUT2D eigenvalue weighted by atomic mass is 10.2. The van der Waals surface area contributed by atoms with Crippen LogP contribution in [0, 0.1) is 12.7 Å². The van der Waals surface area contributed by atoms with Crippen LogP contribution in [0.25, 0.3) is 10.1 Å². The summed E-state index contributed by atoms with van der Waals surface area (Å²) in [5.74, 6) is -0.207. The van der Waals surface area contributed by atoms with Gasteiger partial charge in [0, 0.05) is 14.5 Å². The van der Waals surface area contributed by atoms with Crippen LogP contribution in [0.5, 0.6) is 0 Å². The van der Waals surface area contributed by atoms with E-state index in [1.165, 1.54) is 11.6 Å². The van der Waals surface area contributed by atoms with Gasteiger partial charge in [-0.1, -0.05) is 6.07 Å². The minimum absolute atomic E-state index is 0.171. The first-order valence-corrected chi connectivity index (χ1v) is 8.50. The smallest absolute Gasteiger partial charge is 0.124 e. The van der Waals surface area contributed by atoms with Crippen molar-refractivity contribution >= 4 is 60.3 Å². The molecule has 98 valence electrons. The predicted molar refractivity (Wildman–Crippen MR) is 86.2 cm³/mol. The zero-order chi connectivity index (χ0) is 13.6. The molecule has 0 aliphatic heterocycles.